The molecule has 0 fully saturated rings. The van der Waals surface area contributed by atoms with Crippen molar-refractivity contribution >= 4 is 11.8 Å². The number of hydrogen-bond donors (Lipinski definition) is 1. The van der Waals surface area contributed by atoms with Crippen LogP contribution in [-0.4, -0.2) is 21.0 Å². The van der Waals surface area contributed by atoms with Crippen molar-refractivity contribution in [2.24, 2.45) is 5.73 Å². The van der Waals surface area contributed by atoms with Crippen LogP contribution in [0.5, 0.6) is 0 Å². The molecule has 2 rings (SSSR count). The number of rotatable bonds is 5. The molecule has 2 atom stereocenters. The number of aryl methyl sites for hydroxylation is 1. The van der Waals surface area contributed by atoms with Crippen molar-refractivity contribution < 1.29 is 0 Å². The lowest BCUT2D eigenvalue weighted by atomic mass is 10.1. The molecule has 0 saturated carbocycles. The average molecular weight is 274 g/mol. The third kappa shape index (κ3) is 3.75. The van der Waals surface area contributed by atoms with Crippen LogP contribution in [0.25, 0.3) is 0 Å². The van der Waals surface area contributed by atoms with Gasteiger partial charge < -0.3 is 5.73 Å². The van der Waals surface area contributed by atoms with E-state index in [1.165, 1.54) is 0 Å². The first kappa shape index (κ1) is 14.0. The molecule has 2 aromatic rings. The highest BCUT2D eigenvalue weighted by Gasteiger charge is 2.22. The van der Waals surface area contributed by atoms with Crippen molar-refractivity contribution in [3.8, 4) is 0 Å². The molecule has 0 radical (unpaired) electrons. The highest BCUT2D eigenvalue weighted by atomic mass is 32.2. The number of nitrogens with two attached hydrogens (primary N) is 1. The van der Waals surface area contributed by atoms with Gasteiger partial charge in [-0.2, -0.15) is 0 Å². The van der Waals surface area contributed by atoms with Crippen LogP contribution in [0.15, 0.2) is 41.8 Å². The van der Waals surface area contributed by atoms with Gasteiger partial charge in [0.25, 0.3) is 0 Å². The van der Waals surface area contributed by atoms with Crippen LogP contribution < -0.4 is 5.73 Å². The van der Waals surface area contributed by atoms with Gasteiger partial charge in [0.05, 0.1) is 10.9 Å². The zero-order valence-corrected chi connectivity index (χ0v) is 12.0. The summed E-state index contributed by atoms with van der Waals surface area (Å²) in [6, 6.07) is 7.81. The van der Waals surface area contributed by atoms with E-state index in [-0.39, 0.29) is 11.3 Å². The normalized spacial score (nSPS) is 14.1. The largest absolute Gasteiger partial charge is 0.326 e. The summed E-state index contributed by atoms with van der Waals surface area (Å²) in [5, 5.41) is 0.826. The Morgan fingerprint density at radius 3 is 2.68 bits per heavy atom. The Labute approximate surface area is 117 Å². The van der Waals surface area contributed by atoms with E-state index in [0.717, 1.165) is 23.0 Å². The molecular formula is C14H18N4S. The molecule has 2 aromatic heterocycles. The summed E-state index contributed by atoms with van der Waals surface area (Å²) in [4.78, 5) is 13.1. The van der Waals surface area contributed by atoms with Gasteiger partial charge in [0.1, 0.15) is 0 Å². The van der Waals surface area contributed by atoms with Gasteiger partial charge in [-0.25, -0.2) is 9.97 Å². The zero-order chi connectivity index (χ0) is 13.7. The number of nitrogens with zero attached hydrogens (tertiary/aromatic N) is 3. The standard InChI is InChI=1S/C14H18N4S/c1-3-11(15)13(12-6-4-5-8-16-12)19-14-17-9-7-10(2)18-14/h4-9,11,13H,3,15H2,1-2H3. The highest BCUT2D eigenvalue weighted by molar-refractivity contribution is 7.99. The summed E-state index contributed by atoms with van der Waals surface area (Å²) in [6.45, 7) is 4.04. The first-order chi connectivity index (χ1) is 9.20. The Morgan fingerprint density at radius 1 is 1.21 bits per heavy atom. The first-order valence-electron chi connectivity index (χ1n) is 6.33. The Hall–Kier alpha value is -1.46. The Balaban J connectivity index is 2.24. The molecule has 0 aliphatic rings. The molecule has 0 amide bonds. The SMILES string of the molecule is CCC(N)C(Sc1nccc(C)n1)c1ccccn1. The topological polar surface area (TPSA) is 64.7 Å². The van der Waals surface area contributed by atoms with Crippen LogP contribution in [0, 0.1) is 6.92 Å². The second-order valence-corrected chi connectivity index (χ2v) is 5.45. The van der Waals surface area contributed by atoms with E-state index in [9.17, 15) is 0 Å². The van der Waals surface area contributed by atoms with Crippen LogP contribution in [0.2, 0.25) is 0 Å². The summed E-state index contributed by atoms with van der Waals surface area (Å²) < 4.78 is 0. The maximum absolute atomic E-state index is 6.22. The van der Waals surface area contributed by atoms with E-state index >= 15 is 0 Å². The predicted octanol–water partition coefficient (Wildman–Crippen LogP) is 2.75. The summed E-state index contributed by atoms with van der Waals surface area (Å²) >= 11 is 1.58. The Bertz CT molecular complexity index is 518. The van der Waals surface area contributed by atoms with Crippen molar-refractivity contribution in [1.82, 2.24) is 15.0 Å². The van der Waals surface area contributed by atoms with Gasteiger partial charge in [-0.15, -0.1) is 0 Å². The molecule has 2 unspecified atom stereocenters. The fraction of sp³-hybridized carbons (Fsp3) is 0.357. The van der Waals surface area contributed by atoms with Crippen LogP contribution in [-0.2, 0) is 0 Å². The Morgan fingerprint density at radius 2 is 2.05 bits per heavy atom. The highest BCUT2D eigenvalue weighted by Crippen LogP contribution is 2.35. The zero-order valence-electron chi connectivity index (χ0n) is 11.2. The second-order valence-electron chi connectivity index (χ2n) is 4.35. The van der Waals surface area contributed by atoms with Crippen molar-refractivity contribution in [1.29, 1.82) is 0 Å². The van der Waals surface area contributed by atoms with Gasteiger partial charge >= 0.3 is 0 Å². The van der Waals surface area contributed by atoms with Crippen LogP contribution in [0.4, 0.5) is 0 Å². The lowest BCUT2D eigenvalue weighted by Crippen LogP contribution is -2.26. The molecule has 2 heterocycles. The van der Waals surface area contributed by atoms with Crippen molar-refractivity contribution in [2.45, 2.75) is 36.7 Å². The van der Waals surface area contributed by atoms with Gasteiger partial charge in [0, 0.05) is 24.1 Å². The molecule has 0 bridgehead atoms. The maximum atomic E-state index is 6.22. The molecule has 5 heteroatoms. The van der Waals surface area contributed by atoms with Gasteiger partial charge in [-0.1, -0.05) is 24.8 Å². The van der Waals surface area contributed by atoms with Crippen molar-refractivity contribution in [3.05, 3.63) is 48.0 Å². The summed E-state index contributed by atoms with van der Waals surface area (Å²) in [5.41, 5.74) is 8.16. The van der Waals surface area contributed by atoms with E-state index in [1.807, 2.05) is 31.2 Å². The average Bonchev–Trinajstić information content (AvgIpc) is 2.45. The first-order valence-corrected chi connectivity index (χ1v) is 7.21. The van der Waals surface area contributed by atoms with Gasteiger partial charge in [-0.05, 0) is 31.5 Å². The van der Waals surface area contributed by atoms with E-state index in [2.05, 4.69) is 21.9 Å². The van der Waals surface area contributed by atoms with E-state index in [1.54, 1.807) is 24.2 Å². The Kier molecular flexibility index (Phi) is 4.87. The number of pyridine rings is 1. The molecule has 0 aliphatic heterocycles. The number of aromatic nitrogens is 3. The summed E-state index contributed by atoms with van der Waals surface area (Å²) in [7, 11) is 0. The minimum atomic E-state index is 0.0315. The van der Waals surface area contributed by atoms with E-state index in [0.29, 0.717) is 0 Å². The molecule has 0 spiro atoms. The molecule has 2 N–H and O–H groups in total. The summed E-state index contributed by atoms with van der Waals surface area (Å²) in [5.74, 6) is 0. The smallest absolute Gasteiger partial charge is 0.188 e. The van der Waals surface area contributed by atoms with Gasteiger partial charge in [0.15, 0.2) is 5.16 Å². The van der Waals surface area contributed by atoms with E-state index in [4.69, 9.17) is 5.73 Å². The monoisotopic (exact) mass is 274 g/mol. The molecule has 19 heavy (non-hydrogen) atoms. The molecule has 100 valence electrons. The second kappa shape index (κ2) is 6.63. The third-order valence-corrected chi connectivity index (χ3v) is 4.10. The minimum absolute atomic E-state index is 0.0315. The van der Waals surface area contributed by atoms with Crippen LogP contribution in [0.1, 0.15) is 30.0 Å². The van der Waals surface area contributed by atoms with Crippen molar-refractivity contribution in [2.75, 3.05) is 0 Å². The fourth-order valence-corrected chi connectivity index (χ4v) is 2.89. The lowest BCUT2D eigenvalue weighted by molar-refractivity contribution is 0.622. The number of hydrogen-bond acceptors (Lipinski definition) is 5. The molecule has 0 saturated heterocycles. The van der Waals surface area contributed by atoms with Crippen molar-refractivity contribution in [3.63, 3.8) is 0 Å². The third-order valence-electron chi connectivity index (χ3n) is 2.84. The maximum Gasteiger partial charge on any atom is 0.188 e. The molecule has 0 aliphatic carbocycles. The van der Waals surface area contributed by atoms with E-state index < -0.39 is 0 Å². The predicted molar refractivity (Wildman–Crippen MR) is 77.9 cm³/mol. The number of thioether (sulfide) groups is 1. The summed E-state index contributed by atoms with van der Waals surface area (Å²) in [6.07, 6.45) is 4.46. The van der Waals surface area contributed by atoms with Crippen LogP contribution in [0.3, 0.4) is 0 Å². The van der Waals surface area contributed by atoms with Crippen LogP contribution >= 0.6 is 11.8 Å². The molecular weight excluding hydrogens is 256 g/mol. The quantitative estimate of drug-likeness (QED) is 0.671. The van der Waals surface area contributed by atoms with Gasteiger partial charge in [-0.3, -0.25) is 4.98 Å². The fourth-order valence-electron chi connectivity index (χ4n) is 1.72. The van der Waals surface area contributed by atoms with Gasteiger partial charge in [0.2, 0.25) is 0 Å². The minimum Gasteiger partial charge on any atom is -0.326 e. The molecule has 0 aromatic carbocycles. The molecule has 4 nitrogen and oxygen atoms in total. The lowest BCUT2D eigenvalue weighted by Gasteiger charge is -2.21.